The maximum absolute atomic E-state index is 13.4. The number of rotatable bonds is 10. The smallest absolute Gasteiger partial charge is 0.257 e. The van der Waals surface area contributed by atoms with Gasteiger partial charge in [0.1, 0.15) is 5.76 Å². The zero-order valence-corrected chi connectivity index (χ0v) is 20.9. The van der Waals surface area contributed by atoms with Crippen LogP contribution in [0.4, 0.5) is 11.4 Å². The monoisotopic (exact) mass is 481 g/mol. The van der Waals surface area contributed by atoms with Crippen LogP contribution in [-0.4, -0.2) is 30.8 Å². The normalized spacial score (nSPS) is 10.9. The number of carbonyl (C=O) groups is 2. The predicted molar refractivity (Wildman–Crippen MR) is 137 cm³/mol. The van der Waals surface area contributed by atoms with Crippen molar-refractivity contribution in [2.75, 3.05) is 24.3 Å². The van der Waals surface area contributed by atoms with Gasteiger partial charge in [0.25, 0.3) is 5.91 Å². The van der Waals surface area contributed by atoms with Crippen molar-refractivity contribution in [2.24, 2.45) is 5.92 Å². The van der Waals surface area contributed by atoms with E-state index in [9.17, 15) is 9.59 Å². The standard InChI is InChI=1S/C27H32ClN3O3/c1-5-19(6-2)27(33)31(18-22-10-9-15-34-22)17-20-16-21(13-14-25(20)30(3)4)29-26(32)23-11-7-8-12-24(23)28/h7-16,19H,5-6,17-18H2,1-4H3,(H,29,32). The zero-order valence-electron chi connectivity index (χ0n) is 20.2. The Morgan fingerprint density at radius 3 is 2.35 bits per heavy atom. The molecule has 34 heavy (non-hydrogen) atoms. The molecule has 0 saturated heterocycles. The van der Waals surface area contributed by atoms with Gasteiger partial charge in [-0.3, -0.25) is 9.59 Å². The van der Waals surface area contributed by atoms with Crippen LogP contribution in [-0.2, 0) is 17.9 Å². The highest BCUT2D eigenvalue weighted by atomic mass is 35.5. The number of furan rings is 1. The summed E-state index contributed by atoms with van der Waals surface area (Å²) >= 11 is 6.19. The van der Waals surface area contributed by atoms with Gasteiger partial charge in [-0.05, 0) is 60.9 Å². The molecule has 6 nitrogen and oxygen atoms in total. The summed E-state index contributed by atoms with van der Waals surface area (Å²) in [6.45, 7) is 4.84. The molecule has 2 aromatic carbocycles. The largest absolute Gasteiger partial charge is 0.467 e. The van der Waals surface area contributed by atoms with Crippen LogP contribution in [0.2, 0.25) is 5.02 Å². The number of carbonyl (C=O) groups excluding carboxylic acids is 2. The first-order valence-electron chi connectivity index (χ1n) is 11.5. The fourth-order valence-corrected chi connectivity index (χ4v) is 4.20. The molecule has 180 valence electrons. The second-order valence-electron chi connectivity index (χ2n) is 8.46. The topological polar surface area (TPSA) is 65.8 Å². The molecule has 0 fully saturated rings. The first-order chi connectivity index (χ1) is 16.3. The highest BCUT2D eigenvalue weighted by Crippen LogP contribution is 2.27. The lowest BCUT2D eigenvalue weighted by molar-refractivity contribution is -0.137. The molecule has 0 saturated carbocycles. The fourth-order valence-electron chi connectivity index (χ4n) is 3.97. The van der Waals surface area contributed by atoms with E-state index in [2.05, 4.69) is 5.32 Å². The van der Waals surface area contributed by atoms with Crippen LogP contribution in [0.5, 0.6) is 0 Å². The molecule has 7 heteroatoms. The minimum atomic E-state index is -0.283. The Hall–Kier alpha value is -3.25. The van der Waals surface area contributed by atoms with Crippen molar-refractivity contribution in [2.45, 2.75) is 39.8 Å². The van der Waals surface area contributed by atoms with E-state index in [1.165, 1.54) is 0 Å². The van der Waals surface area contributed by atoms with Crippen molar-refractivity contribution in [1.82, 2.24) is 4.90 Å². The van der Waals surface area contributed by atoms with Gasteiger partial charge in [-0.25, -0.2) is 0 Å². The van der Waals surface area contributed by atoms with E-state index in [1.54, 1.807) is 30.5 Å². The first kappa shape index (κ1) is 25.4. The SMILES string of the molecule is CCC(CC)C(=O)N(Cc1ccco1)Cc1cc(NC(=O)c2ccccc2Cl)ccc1N(C)C. The zero-order chi connectivity index (χ0) is 24.7. The number of amides is 2. The molecule has 2 amide bonds. The summed E-state index contributed by atoms with van der Waals surface area (Å²) in [7, 11) is 3.92. The van der Waals surface area contributed by atoms with Crippen LogP contribution in [0, 0.1) is 5.92 Å². The molecule has 0 bridgehead atoms. The van der Waals surface area contributed by atoms with E-state index in [0.29, 0.717) is 29.4 Å². The van der Waals surface area contributed by atoms with Crippen LogP contribution < -0.4 is 10.2 Å². The molecule has 0 radical (unpaired) electrons. The van der Waals surface area contributed by atoms with Gasteiger partial charge in [0.15, 0.2) is 0 Å². The Labute approximate surface area is 206 Å². The molecule has 0 atom stereocenters. The van der Waals surface area contributed by atoms with Crippen molar-refractivity contribution in [3.05, 3.63) is 82.8 Å². The Balaban J connectivity index is 1.91. The van der Waals surface area contributed by atoms with Crippen molar-refractivity contribution < 1.29 is 14.0 Å². The summed E-state index contributed by atoms with van der Waals surface area (Å²) in [5.74, 6) is 0.487. The summed E-state index contributed by atoms with van der Waals surface area (Å²) in [6.07, 6.45) is 3.17. The molecule has 3 aromatic rings. The van der Waals surface area contributed by atoms with Gasteiger partial charge in [0.2, 0.25) is 5.91 Å². The number of benzene rings is 2. The number of hydrogen-bond donors (Lipinski definition) is 1. The van der Waals surface area contributed by atoms with Gasteiger partial charge in [-0.1, -0.05) is 37.6 Å². The number of nitrogens with one attached hydrogen (secondary N) is 1. The van der Waals surface area contributed by atoms with Gasteiger partial charge in [-0.15, -0.1) is 0 Å². The molecule has 0 spiro atoms. The summed E-state index contributed by atoms with van der Waals surface area (Å²) < 4.78 is 5.54. The number of hydrogen-bond acceptors (Lipinski definition) is 4. The van der Waals surface area contributed by atoms with Gasteiger partial charge in [0, 0.05) is 37.9 Å². The maximum Gasteiger partial charge on any atom is 0.257 e. The average molecular weight is 482 g/mol. The van der Waals surface area contributed by atoms with Crippen molar-refractivity contribution >= 4 is 34.8 Å². The Bertz CT molecular complexity index is 1110. The van der Waals surface area contributed by atoms with Gasteiger partial charge >= 0.3 is 0 Å². The van der Waals surface area contributed by atoms with E-state index in [0.717, 1.165) is 29.9 Å². The van der Waals surface area contributed by atoms with Crippen molar-refractivity contribution in [1.29, 1.82) is 0 Å². The van der Waals surface area contributed by atoms with E-state index in [-0.39, 0.29) is 17.7 Å². The third kappa shape index (κ3) is 6.20. The molecule has 1 heterocycles. The minimum absolute atomic E-state index is 0.0547. The lowest BCUT2D eigenvalue weighted by Crippen LogP contribution is -2.35. The molecular formula is C27H32ClN3O3. The quantitative estimate of drug-likeness (QED) is 0.373. The highest BCUT2D eigenvalue weighted by molar-refractivity contribution is 6.34. The third-order valence-electron chi connectivity index (χ3n) is 5.87. The Kier molecular flexibility index (Phi) is 8.77. The molecule has 0 aliphatic carbocycles. The first-order valence-corrected chi connectivity index (χ1v) is 11.9. The van der Waals surface area contributed by atoms with Gasteiger partial charge in [0.05, 0.1) is 23.4 Å². The van der Waals surface area contributed by atoms with E-state index in [1.807, 2.05) is 68.1 Å². The summed E-state index contributed by atoms with van der Waals surface area (Å²) in [5.41, 5.74) is 2.94. The summed E-state index contributed by atoms with van der Waals surface area (Å²) in [4.78, 5) is 30.0. The molecule has 0 aliphatic heterocycles. The molecular weight excluding hydrogens is 450 g/mol. The second kappa shape index (κ2) is 11.7. The highest BCUT2D eigenvalue weighted by Gasteiger charge is 2.24. The number of halogens is 1. The van der Waals surface area contributed by atoms with Crippen LogP contribution >= 0.6 is 11.6 Å². The van der Waals surface area contributed by atoms with E-state index in [4.69, 9.17) is 16.0 Å². The lowest BCUT2D eigenvalue weighted by Gasteiger charge is -2.28. The maximum atomic E-state index is 13.4. The average Bonchev–Trinajstić information content (AvgIpc) is 3.32. The molecule has 3 rings (SSSR count). The fraction of sp³-hybridized carbons (Fsp3) is 0.333. The van der Waals surface area contributed by atoms with Crippen molar-refractivity contribution in [3.63, 3.8) is 0 Å². The van der Waals surface area contributed by atoms with Crippen molar-refractivity contribution in [3.8, 4) is 0 Å². The van der Waals surface area contributed by atoms with E-state index >= 15 is 0 Å². The third-order valence-corrected chi connectivity index (χ3v) is 6.20. The number of anilines is 2. The minimum Gasteiger partial charge on any atom is -0.467 e. The lowest BCUT2D eigenvalue weighted by atomic mass is 10.0. The predicted octanol–water partition coefficient (Wildman–Crippen LogP) is 6.22. The van der Waals surface area contributed by atoms with Gasteiger partial charge < -0.3 is 19.5 Å². The van der Waals surface area contributed by atoms with E-state index < -0.39 is 0 Å². The molecule has 0 aliphatic rings. The van der Waals surface area contributed by atoms with Crippen LogP contribution in [0.15, 0.2) is 65.3 Å². The molecule has 1 N–H and O–H groups in total. The van der Waals surface area contributed by atoms with Crippen LogP contribution in [0.1, 0.15) is 48.4 Å². The number of nitrogens with zero attached hydrogens (tertiary/aromatic N) is 2. The Morgan fingerprint density at radius 2 is 1.74 bits per heavy atom. The summed E-state index contributed by atoms with van der Waals surface area (Å²) in [6, 6.07) is 16.4. The summed E-state index contributed by atoms with van der Waals surface area (Å²) in [5, 5.41) is 3.33. The van der Waals surface area contributed by atoms with Crippen LogP contribution in [0.3, 0.4) is 0 Å². The Morgan fingerprint density at radius 1 is 1.00 bits per heavy atom. The van der Waals surface area contributed by atoms with Crippen LogP contribution in [0.25, 0.3) is 0 Å². The second-order valence-corrected chi connectivity index (χ2v) is 8.87. The molecule has 0 unspecified atom stereocenters. The van der Waals surface area contributed by atoms with Gasteiger partial charge in [-0.2, -0.15) is 0 Å². The molecule has 1 aromatic heterocycles.